The zero-order valence-electron chi connectivity index (χ0n) is 15.6. The molecule has 0 atom stereocenters. The van der Waals surface area contributed by atoms with Crippen molar-refractivity contribution in [3.05, 3.63) is 72.3 Å². The average Bonchev–Trinajstić information content (AvgIpc) is 3.06. The standard InChI is InChI=1S/C21H18FN5O2/c1-2-27-19-8-7-13(29-14-9-10-24-18(12-14)20(23)28)11-17(19)26-21(27)25-16-6-4-3-5-15(16)22/h3-12H,2H2,1H3,(H2,23,28)(H,25,26). The molecule has 7 nitrogen and oxygen atoms in total. The highest BCUT2D eigenvalue weighted by Crippen LogP contribution is 2.29. The first-order chi connectivity index (χ1) is 14.0. The van der Waals surface area contributed by atoms with Crippen molar-refractivity contribution >= 4 is 28.6 Å². The first-order valence-electron chi connectivity index (χ1n) is 9.00. The van der Waals surface area contributed by atoms with Crippen LogP contribution in [-0.2, 0) is 6.54 Å². The van der Waals surface area contributed by atoms with E-state index in [2.05, 4.69) is 15.3 Å². The molecule has 0 saturated carbocycles. The maximum absolute atomic E-state index is 14.0. The maximum atomic E-state index is 14.0. The highest BCUT2D eigenvalue weighted by molar-refractivity contribution is 5.91. The Morgan fingerprint density at radius 2 is 1.97 bits per heavy atom. The van der Waals surface area contributed by atoms with E-state index in [1.54, 1.807) is 36.4 Å². The second-order valence-electron chi connectivity index (χ2n) is 6.28. The lowest BCUT2D eigenvalue weighted by Crippen LogP contribution is -2.12. The number of para-hydroxylation sites is 1. The summed E-state index contributed by atoms with van der Waals surface area (Å²) in [4.78, 5) is 19.8. The molecule has 1 amide bonds. The van der Waals surface area contributed by atoms with E-state index in [1.165, 1.54) is 18.3 Å². The van der Waals surface area contributed by atoms with Crippen LogP contribution in [0, 0.1) is 5.82 Å². The van der Waals surface area contributed by atoms with Gasteiger partial charge in [-0.1, -0.05) is 12.1 Å². The average molecular weight is 391 g/mol. The first-order valence-corrected chi connectivity index (χ1v) is 9.00. The number of pyridine rings is 1. The van der Waals surface area contributed by atoms with E-state index >= 15 is 0 Å². The normalized spacial score (nSPS) is 10.8. The van der Waals surface area contributed by atoms with Gasteiger partial charge in [0, 0.05) is 24.9 Å². The molecule has 8 heteroatoms. The summed E-state index contributed by atoms with van der Waals surface area (Å²) in [6.45, 7) is 2.64. The van der Waals surface area contributed by atoms with E-state index in [0.717, 1.165) is 5.52 Å². The van der Waals surface area contributed by atoms with Crippen molar-refractivity contribution in [2.24, 2.45) is 5.73 Å². The largest absolute Gasteiger partial charge is 0.457 e. The minimum Gasteiger partial charge on any atom is -0.457 e. The molecule has 0 aliphatic carbocycles. The highest BCUT2D eigenvalue weighted by Gasteiger charge is 2.13. The molecule has 0 spiro atoms. The Bertz CT molecular complexity index is 1200. The molecular formula is C21H18FN5O2. The lowest BCUT2D eigenvalue weighted by molar-refractivity contribution is 0.0995. The van der Waals surface area contributed by atoms with E-state index in [0.29, 0.717) is 35.2 Å². The number of amides is 1. The molecule has 0 saturated heterocycles. The van der Waals surface area contributed by atoms with Crippen LogP contribution in [0.3, 0.4) is 0 Å². The first kappa shape index (κ1) is 18.4. The third kappa shape index (κ3) is 3.73. The SMILES string of the molecule is CCn1c(Nc2ccccc2F)nc2cc(Oc3ccnc(C(N)=O)c3)ccc21. The van der Waals surface area contributed by atoms with Crippen LogP contribution >= 0.6 is 0 Å². The second kappa shape index (κ2) is 7.59. The van der Waals surface area contributed by atoms with Gasteiger partial charge in [0.2, 0.25) is 5.95 Å². The number of benzene rings is 2. The van der Waals surface area contributed by atoms with Gasteiger partial charge in [0.1, 0.15) is 23.0 Å². The third-order valence-electron chi connectivity index (χ3n) is 4.38. The number of carbonyl (C=O) groups excluding carboxylic acids is 1. The van der Waals surface area contributed by atoms with Gasteiger partial charge in [0.25, 0.3) is 5.91 Å². The summed E-state index contributed by atoms with van der Waals surface area (Å²) in [5, 5.41) is 3.05. The van der Waals surface area contributed by atoms with Crippen LogP contribution in [0.4, 0.5) is 16.0 Å². The van der Waals surface area contributed by atoms with E-state index in [9.17, 15) is 9.18 Å². The fraction of sp³-hybridized carbons (Fsp3) is 0.0952. The predicted octanol–water partition coefficient (Wildman–Crippen LogP) is 4.23. The van der Waals surface area contributed by atoms with Crippen molar-refractivity contribution in [2.45, 2.75) is 13.5 Å². The van der Waals surface area contributed by atoms with Crippen molar-refractivity contribution in [3.63, 3.8) is 0 Å². The highest BCUT2D eigenvalue weighted by atomic mass is 19.1. The van der Waals surface area contributed by atoms with E-state index in [4.69, 9.17) is 10.5 Å². The topological polar surface area (TPSA) is 95.1 Å². The summed E-state index contributed by atoms with van der Waals surface area (Å²) >= 11 is 0. The minimum absolute atomic E-state index is 0.121. The van der Waals surface area contributed by atoms with Crippen molar-refractivity contribution in [1.82, 2.24) is 14.5 Å². The van der Waals surface area contributed by atoms with Crippen LogP contribution in [0.2, 0.25) is 0 Å². The zero-order chi connectivity index (χ0) is 20.4. The Hall–Kier alpha value is -3.94. The molecule has 0 aliphatic heterocycles. The third-order valence-corrected chi connectivity index (χ3v) is 4.38. The van der Waals surface area contributed by atoms with E-state index in [-0.39, 0.29) is 11.5 Å². The molecule has 4 aromatic rings. The number of nitrogens with two attached hydrogens (primary N) is 1. The number of aromatic nitrogens is 3. The molecular weight excluding hydrogens is 373 g/mol. The van der Waals surface area contributed by atoms with Crippen molar-refractivity contribution in [1.29, 1.82) is 0 Å². The molecule has 2 heterocycles. The lowest BCUT2D eigenvalue weighted by Gasteiger charge is -2.09. The number of imidazole rings is 1. The number of fused-ring (bicyclic) bond motifs is 1. The molecule has 0 radical (unpaired) electrons. The number of anilines is 2. The number of nitrogens with zero attached hydrogens (tertiary/aromatic N) is 3. The van der Waals surface area contributed by atoms with Crippen molar-refractivity contribution in [2.75, 3.05) is 5.32 Å². The van der Waals surface area contributed by atoms with Crippen molar-refractivity contribution in [3.8, 4) is 11.5 Å². The summed E-state index contributed by atoms with van der Waals surface area (Å²) in [6.07, 6.45) is 1.45. The second-order valence-corrected chi connectivity index (χ2v) is 6.28. The maximum Gasteiger partial charge on any atom is 0.267 e. The fourth-order valence-electron chi connectivity index (χ4n) is 3.02. The molecule has 146 valence electrons. The summed E-state index contributed by atoms with van der Waals surface area (Å²) in [5.74, 6) is 0.528. The van der Waals surface area contributed by atoms with Gasteiger partial charge >= 0.3 is 0 Å². The van der Waals surface area contributed by atoms with Gasteiger partial charge in [0.05, 0.1) is 16.7 Å². The number of primary amides is 1. The number of ether oxygens (including phenoxy) is 1. The fourth-order valence-corrected chi connectivity index (χ4v) is 3.02. The molecule has 0 unspecified atom stereocenters. The number of halogens is 1. The summed E-state index contributed by atoms with van der Waals surface area (Å²) in [6, 6.07) is 15.0. The molecule has 0 fully saturated rings. The smallest absolute Gasteiger partial charge is 0.267 e. The zero-order valence-corrected chi connectivity index (χ0v) is 15.6. The summed E-state index contributed by atoms with van der Waals surface area (Å²) < 4.78 is 21.8. The quantitative estimate of drug-likeness (QED) is 0.513. The van der Waals surface area contributed by atoms with E-state index in [1.807, 2.05) is 17.6 Å². The van der Waals surface area contributed by atoms with Gasteiger partial charge < -0.3 is 20.4 Å². The predicted molar refractivity (Wildman–Crippen MR) is 108 cm³/mol. The monoisotopic (exact) mass is 391 g/mol. The van der Waals surface area contributed by atoms with Crippen LogP contribution in [-0.4, -0.2) is 20.4 Å². The van der Waals surface area contributed by atoms with Crippen LogP contribution in [0.25, 0.3) is 11.0 Å². The summed E-state index contributed by atoms with van der Waals surface area (Å²) in [7, 11) is 0. The summed E-state index contributed by atoms with van der Waals surface area (Å²) in [5.41, 5.74) is 7.30. The Morgan fingerprint density at radius 3 is 2.72 bits per heavy atom. The number of hydrogen-bond donors (Lipinski definition) is 2. The van der Waals surface area contributed by atoms with Crippen LogP contribution < -0.4 is 15.8 Å². The molecule has 3 N–H and O–H groups in total. The van der Waals surface area contributed by atoms with Gasteiger partial charge in [-0.25, -0.2) is 9.37 Å². The van der Waals surface area contributed by atoms with Crippen LogP contribution in [0.1, 0.15) is 17.4 Å². The van der Waals surface area contributed by atoms with Gasteiger partial charge in [0.15, 0.2) is 0 Å². The number of carbonyl (C=O) groups is 1. The Labute approximate surface area is 166 Å². The van der Waals surface area contributed by atoms with Gasteiger partial charge in [-0.15, -0.1) is 0 Å². The number of aryl methyl sites for hydroxylation is 1. The molecule has 0 bridgehead atoms. The van der Waals surface area contributed by atoms with Gasteiger partial charge in [-0.3, -0.25) is 9.78 Å². The lowest BCUT2D eigenvalue weighted by atomic mass is 10.3. The Balaban J connectivity index is 1.67. The van der Waals surface area contributed by atoms with Crippen LogP contribution in [0.15, 0.2) is 60.8 Å². The molecule has 2 aromatic carbocycles. The molecule has 2 aromatic heterocycles. The molecule has 29 heavy (non-hydrogen) atoms. The van der Waals surface area contributed by atoms with Crippen molar-refractivity contribution < 1.29 is 13.9 Å². The minimum atomic E-state index is -0.628. The van der Waals surface area contributed by atoms with E-state index < -0.39 is 5.91 Å². The molecule has 0 aliphatic rings. The number of hydrogen-bond acceptors (Lipinski definition) is 5. The Morgan fingerprint density at radius 1 is 1.17 bits per heavy atom. The van der Waals surface area contributed by atoms with Gasteiger partial charge in [-0.05, 0) is 37.3 Å². The number of rotatable bonds is 6. The Kier molecular flexibility index (Phi) is 4.82. The van der Waals surface area contributed by atoms with Crippen LogP contribution in [0.5, 0.6) is 11.5 Å². The number of nitrogens with one attached hydrogen (secondary N) is 1. The van der Waals surface area contributed by atoms with Gasteiger partial charge in [-0.2, -0.15) is 0 Å². The molecule has 4 rings (SSSR count).